The fraction of sp³-hybridized carbons (Fsp3) is 0.333. The molecule has 1 heterocycles. The van der Waals surface area contributed by atoms with E-state index >= 15 is 0 Å². The van der Waals surface area contributed by atoms with Gasteiger partial charge in [-0.2, -0.15) is 0 Å². The maximum Gasteiger partial charge on any atom is 0.322 e. The van der Waals surface area contributed by atoms with Gasteiger partial charge in [-0.05, 0) is 5.56 Å². The second-order valence-electron chi connectivity index (χ2n) is 7.48. The molecule has 9 N–H and O–H groups in total. The molecule has 0 aliphatic heterocycles. The van der Waals surface area contributed by atoms with Crippen molar-refractivity contribution in [2.24, 2.45) is 11.5 Å². The highest BCUT2D eigenvalue weighted by Crippen LogP contribution is 2.06. The van der Waals surface area contributed by atoms with Crippen molar-refractivity contribution < 1.29 is 29.1 Å². The molecule has 182 valence electrons. The van der Waals surface area contributed by atoms with Crippen molar-refractivity contribution in [1.82, 2.24) is 25.9 Å². The molecule has 13 heteroatoms. The number of hydrogen-bond acceptors (Lipinski definition) is 7. The van der Waals surface area contributed by atoms with Crippen molar-refractivity contribution >= 4 is 29.6 Å². The summed E-state index contributed by atoms with van der Waals surface area (Å²) >= 11 is 0. The van der Waals surface area contributed by atoms with E-state index in [1.165, 1.54) is 12.5 Å². The van der Waals surface area contributed by atoms with E-state index in [9.17, 15) is 24.0 Å². The molecule has 34 heavy (non-hydrogen) atoms. The second kappa shape index (κ2) is 12.7. The van der Waals surface area contributed by atoms with Gasteiger partial charge in [0.25, 0.3) is 0 Å². The van der Waals surface area contributed by atoms with E-state index in [4.69, 9.17) is 16.6 Å². The van der Waals surface area contributed by atoms with Gasteiger partial charge in [0.15, 0.2) is 0 Å². The van der Waals surface area contributed by atoms with Gasteiger partial charge in [-0.3, -0.25) is 24.0 Å². The summed E-state index contributed by atoms with van der Waals surface area (Å²) in [5, 5.41) is 15.8. The quantitative estimate of drug-likeness (QED) is 0.165. The van der Waals surface area contributed by atoms with Gasteiger partial charge in [0.05, 0.1) is 18.8 Å². The van der Waals surface area contributed by atoms with Crippen LogP contribution in [0.2, 0.25) is 0 Å². The Morgan fingerprint density at radius 1 is 0.971 bits per heavy atom. The number of aliphatic carboxylic acids is 1. The number of carbonyl (C=O) groups excluding carboxylic acids is 4. The molecule has 4 amide bonds. The summed E-state index contributed by atoms with van der Waals surface area (Å²) in [6.45, 7) is -0.712. The number of amides is 4. The molecule has 0 aliphatic rings. The Morgan fingerprint density at radius 3 is 2.24 bits per heavy atom. The monoisotopic (exact) mass is 473 g/mol. The molecule has 0 fully saturated rings. The molecule has 0 aliphatic carbocycles. The lowest BCUT2D eigenvalue weighted by molar-refractivity contribution is -0.138. The van der Waals surface area contributed by atoms with Crippen molar-refractivity contribution in [2.75, 3.05) is 6.54 Å². The molecule has 0 bridgehead atoms. The highest BCUT2D eigenvalue weighted by Gasteiger charge is 2.29. The lowest BCUT2D eigenvalue weighted by atomic mass is 10.0. The summed E-state index contributed by atoms with van der Waals surface area (Å²) in [5.74, 6) is -4.50. The van der Waals surface area contributed by atoms with Crippen LogP contribution >= 0.6 is 0 Å². The highest BCUT2D eigenvalue weighted by atomic mass is 16.4. The lowest BCUT2D eigenvalue weighted by Crippen LogP contribution is -2.57. The standard InChI is InChI=1S/C21H27N7O6/c22-14(7-13-9-24-11-26-13)19(32)27-15(6-12-4-2-1-3-5-12)21(34)28-16(8-17(23)29)20(33)25-10-18(30)31/h1-5,9,11,14-16H,6-8,10,22H2,(H2,23,29)(H,24,26)(H,25,33)(H,27,32)(H,28,34)(H,30,31). The lowest BCUT2D eigenvalue weighted by Gasteiger charge is -2.23. The number of aromatic amines is 1. The Labute approximate surface area is 194 Å². The molecule has 0 radical (unpaired) electrons. The number of hydrogen-bond donors (Lipinski definition) is 7. The van der Waals surface area contributed by atoms with Crippen LogP contribution in [0.15, 0.2) is 42.9 Å². The predicted octanol–water partition coefficient (Wildman–Crippen LogP) is -2.43. The maximum atomic E-state index is 13.0. The van der Waals surface area contributed by atoms with E-state index < -0.39 is 60.7 Å². The average molecular weight is 473 g/mol. The zero-order chi connectivity index (χ0) is 25.1. The fourth-order valence-corrected chi connectivity index (χ4v) is 3.03. The number of nitrogens with two attached hydrogens (primary N) is 2. The number of rotatable bonds is 13. The van der Waals surface area contributed by atoms with Crippen LogP contribution in [0.5, 0.6) is 0 Å². The fourth-order valence-electron chi connectivity index (χ4n) is 3.03. The van der Waals surface area contributed by atoms with Crippen molar-refractivity contribution in [3.8, 4) is 0 Å². The van der Waals surface area contributed by atoms with Gasteiger partial charge < -0.3 is 37.5 Å². The minimum atomic E-state index is -1.43. The Balaban J connectivity index is 2.15. The summed E-state index contributed by atoms with van der Waals surface area (Å²) in [5.41, 5.74) is 12.5. The Bertz CT molecular complexity index is 996. The molecule has 1 aromatic carbocycles. The number of nitrogens with one attached hydrogen (secondary N) is 4. The molecular weight excluding hydrogens is 446 g/mol. The van der Waals surface area contributed by atoms with Crippen molar-refractivity contribution in [3.63, 3.8) is 0 Å². The van der Waals surface area contributed by atoms with E-state index in [0.717, 1.165) is 0 Å². The Morgan fingerprint density at radius 2 is 1.65 bits per heavy atom. The molecule has 0 saturated carbocycles. The van der Waals surface area contributed by atoms with Crippen LogP contribution in [-0.4, -0.2) is 69.3 Å². The third-order valence-corrected chi connectivity index (χ3v) is 4.70. The molecular formula is C21H27N7O6. The third-order valence-electron chi connectivity index (χ3n) is 4.70. The number of aromatic nitrogens is 2. The topological polar surface area (TPSA) is 222 Å². The average Bonchev–Trinajstić information content (AvgIpc) is 3.29. The van der Waals surface area contributed by atoms with Crippen molar-refractivity contribution in [2.45, 2.75) is 37.4 Å². The summed E-state index contributed by atoms with van der Waals surface area (Å²) in [7, 11) is 0. The van der Waals surface area contributed by atoms with Gasteiger partial charge in [0.1, 0.15) is 18.6 Å². The molecule has 3 atom stereocenters. The number of carboxylic acids is 1. The number of benzene rings is 1. The normalized spacial score (nSPS) is 13.2. The Hall–Kier alpha value is -4.26. The molecule has 1 aromatic heterocycles. The first-order valence-electron chi connectivity index (χ1n) is 10.3. The van der Waals surface area contributed by atoms with E-state index in [1.54, 1.807) is 30.3 Å². The maximum absolute atomic E-state index is 13.0. The van der Waals surface area contributed by atoms with Crippen LogP contribution < -0.4 is 27.4 Å². The predicted molar refractivity (Wildman–Crippen MR) is 119 cm³/mol. The first-order chi connectivity index (χ1) is 16.2. The first-order valence-corrected chi connectivity index (χ1v) is 10.3. The zero-order valence-electron chi connectivity index (χ0n) is 18.2. The van der Waals surface area contributed by atoms with Gasteiger partial charge >= 0.3 is 5.97 Å². The van der Waals surface area contributed by atoms with E-state index in [1.807, 2.05) is 0 Å². The van der Waals surface area contributed by atoms with Crippen molar-refractivity contribution in [3.05, 3.63) is 54.1 Å². The van der Waals surface area contributed by atoms with Crippen LogP contribution in [0.3, 0.4) is 0 Å². The molecule has 2 rings (SSSR count). The molecule has 0 spiro atoms. The molecule has 13 nitrogen and oxygen atoms in total. The summed E-state index contributed by atoms with van der Waals surface area (Å²) < 4.78 is 0. The van der Waals surface area contributed by atoms with Crippen LogP contribution in [0.1, 0.15) is 17.7 Å². The number of nitrogens with zero attached hydrogens (tertiary/aromatic N) is 1. The van der Waals surface area contributed by atoms with Gasteiger partial charge in [-0.1, -0.05) is 30.3 Å². The minimum absolute atomic E-state index is 0.0647. The molecule has 0 saturated heterocycles. The number of imidazole rings is 1. The molecule has 3 unspecified atom stereocenters. The summed E-state index contributed by atoms with van der Waals surface area (Å²) in [4.78, 5) is 66.8. The number of H-pyrrole nitrogens is 1. The van der Waals surface area contributed by atoms with Gasteiger partial charge in [-0.15, -0.1) is 0 Å². The smallest absolute Gasteiger partial charge is 0.322 e. The highest BCUT2D eigenvalue weighted by molar-refractivity contribution is 5.95. The van der Waals surface area contributed by atoms with E-state index in [2.05, 4.69) is 25.9 Å². The first kappa shape index (κ1) is 26.0. The van der Waals surface area contributed by atoms with Crippen LogP contribution in [0, 0.1) is 0 Å². The van der Waals surface area contributed by atoms with Crippen molar-refractivity contribution in [1.29, 1.82) is 0 Å². The number of carbonyl (C=O) groups is 5. The summed E-state index contributed by atoms with van der Waals surface area (Å²) in [6.07, 6.45) is 2.61. The minimum Gasteiger partial charge on any atom is -0.480 e. The summed E-state index contributed by atoms with van der Waals surface area (Å²) in [6, 6.07) is 5.22. The largest absolute Gasteiger partial charge is 0.480 e. The number of carboxylic acid groups (broad SMARTS) is 1. The third kappa shape index (κ3) is 8.70. The zero-order valence-corrected chi connectivity index (χ0v) is 18.2. The van der Waals surface area contributed by atoms with Gasteiger partial charge in [0.2, 0.25) is 23.6 Å². The van der Waals surface area contributed by atoms with Crippen LogP contribution in [-0.2, 0) is 36.8 Å². The SMILES string of the molecule is NC(=O)CC(NC(=O)C(Cc1ccccc1)NC(=O)C(N)Cc1cnc[nH]1)C(=O)NCC(=O)O. The molecule has 2 aromatic rings. The second-order valence-corrected chi connectivity index (χ2v) is 7.48. The van der Waals surface area contributed by atoms with E-state index in [-0.39, 0.29) is 12.8 Å². The van der Waals surface area contributed by atoms with Gasteiger partial charge in [0, 0.05) is 24.7 Å². The number of primary amides is 1. The Kier molecular flexibility index (Phi) is 9.71. The van der Waals surface area contributed by atoms with Crippen LogP contribution in [0.4, 0.5) is 0 Å². The van der Waals surface area contributed by atoms with E-state index in [0.29, 0.717) is 11.3 Å². The van der Waals surface area contributed by atoms with Gasteiger partial charge in [-0.25, -0.2) is 4.98 Å². The van der Waals surface area contributed by atoms with Crippen LogP contribution in [0.25, 0.3) is 0 Å².